The molecule has 1 rings (SSSR count). The molecule has 1 aliphatic rings. The summed E-state index contributed by atoms with van der Waals surface area (Å²) >= 11 is 0. The van der Waals surface area contributed by atoms with Crippen LogP contribution in [0.4, 0.5) is 0 Å². The molecule has 0 bridgehead atoms. The Morgan fingerprint density at radius 3 is 1.50 bits per heavy atom. The van der Waals surface area contributed by atoms with E-state index in [0.29, 0.717) is 6.42 Å². The molecular formula is C47H89NO8. The van der Waals surface area contributed by atoms with Gasteiger partial charge in [-0.3, -0.25) is 4.79 Å². The van der Waals surface area contributed by atoms with E-state index in [4.69, 9.17) is 9.47 Å². The number of rotatable bonds is 39. The van der Waals surface area contributed by atoms with Gasteiger partial charge in [0, 0.05) is 6.42 Å². The second-order valence-electron chi connectivity index (χ2n) is 16.5. The Bertz CT molecular complexity index is 930. The van der Waals surface area contributed by atoms with E-state index in [-0.39, 0.29) is 12.5 Å². The molecule has 0 aromatic heterocycles. The second kappa shape index (κ2) is 37.9. The topological polar surface area (TPSA) is 149 Å². The van der Waals surface area contributed by atoms with Gasteiger partial charge in [0.15, 0.2) is 6.29 Å². The summed E-state index contributed by atoms with van der Waals surface area (Å²) in [4.78, 5) is 13.0. The minimum absolute atomic E-state index is 0.185. The molecule has 7 atom stereocenters. The van der Waals surface area contributed by atoms with E-state index in [2.05, 4.69) is 31.3 Å². The third-order valence-corrected chi connectivity index (χ3v) is 11.3. The molecule has 56 heavy (non-hydrogen) atoms. The van der Waals surface area contributed by atoms with E-state index < -0.39 is 49.5 Å². The number of aliphatic hydroxyl groups is 5. The minimum Gasteiger partial charge on any atom is -0.394 e. The first kappa shape index (κ1) is 52.7. The zero-order chi connectivity index (χ0) is 40.9. The molecular weight excluding hydrogens is 707 g/mol. The van der Waals surface area contributed by atoms with Gasteiger partial charge in [0.05, 0.1) is 25.4 Å². The SMILES string of the molecule is CCCCCCCCCC/C=C/CC/C=C/[C@@H](O)[C@H](CO[C@H]1O[C@@H](CO)[C@H](O)C(O)C1O)NC(=O)CCCCCCCCCCCCCCCCCCCCC. The Balaban J connectivity index is 2.34. The Morgan fingerprint density at radius 2 is 1.02 bits per heavy atom. The van der Waals surface area contributed by atoms with Gasteiger partial charge in [-0.25, -0.2) is 0 Å². The third kappa shape index (κ3) is 28.2. The Hall–Kier alpha value is -1.33. The maximum absolute atomic E-state index is 13.0. The number of nitrogens with one attached hydrogen (secondary N) is 1. The number of amides is 1. The molecule has 1 aliphatic heterocycles. The Labute approximate surface area is 343 Å². The molecule has 0 aromatic rings. The van der Waals surface area contributed by atoms with Gasteiger partial charge in [-0.1, -0.05) is 199 Å². The van der Waals surface area contributed by atoms with E-state index in [0.717, 1.165) is 38.5 Å². The van der Waals surface area contributed by atoms with Crippen LogP contribution in [0.25, 0.3) is 0 Å². The van der Waals surface area contributed by atoms with Crippen LogP contribution in [0.5, 0.6) is 0 Å². The molecule has 9 nitrogen and oxygen atoms in total. The van der Waals surface area contributed by atoms with E-state index in [1.54, 1.807) is 6.08 Å². The van der Waals surface area contributed by atoms with Crippen molar-refractivity contribution in [2.75, 3.05) is 13.2 Å². The summed E-state index contributed by atoms with van der Waals surface area (Å²) in [7, 11) is 0. The van der Waals surface area contributed by atoms with Gasteiger partial charge in [0.2, 0.25) is 5.91 Å². The molecule has 330 valence electrons. The molecule has 6 N–H and O–H groups in total. The van der Waals surface area contributed by atoms with E-state index in [9.17, 15) is 30.3 Å². The average Bonchev–Trinajstić information content (AvgIpc) is 3.20. The van der Waals surface area contributed by atoms with Crippen molar-refractivity contribution in [3.05, 3.63) is 24.3 Å². The highest BCUT2D eigenvalue weighted by Crippen LogP contribution is 2.23. The van der Waals surface area contributed by atoms with Crippen LogP contribution in [0.1, 0.15) is 213 Å². The fourth-order valence-electron chi connectivity index (χ4n) is 7.47. The number of allylic oxidation sites excluding steroid dienone is 3. The molecule has 0 spiro atoms. The predicted octanol–water partition coefficient (Wildman–Crippen LogP) is 9.89. The summed E-state index contributed by atoms with van der Waals surface area (Å²) in [5.74, 6) is -0.185. The van der Waals surface area contributed by atoms with Crippen LogP contribution in [-0.2, 0) is 14.3 Å². The molecule has 2 unspecified atom stereocenters. The highest BCUT2D eigenvalue weighted by molar-refractivity contribution is 5.76. The summed E-state index contributed by atoms with van der Waals surface area (Å²) in [5.41, 5.74) is 0. The smallest absolute Gasteiger partial charge is 0.220 e. The zero-order valence-electron chi connectivity index (χ0n) is 36.1. The summed E-state index contributed by atoms with van der Waals surface area (Å²) in [6.45, 7) is 3.76. The molecule has 1 amide bonds. The van der Waals surface area contributed by atoms with Gasteiger partial charge in [0.25, 0.3) is 0 Å². The Kier molecular flexibility index (Phi) is 35.7. The zero-order valence-corrected chi connectivity index (χ0v) is 36.1. The predicted molar refractivity (Wildman–Crippen MR) is 230 cm³/mol. The maximum Gasteiger partial charge on any atom is 0.220 e. The fraction of sp³-hybridized carbons (Fsp3) is 0.894. The molecule has 0 radical (unpaired) electrons. The van der Waals surface area contributed by atoms with Gasteiger partial charge in [-0.15, -0.1) is 0 Å². The first-order chi connectivity index (χ1) is 27.3. The van der Waals surface area contributed by atoms with Crippen LogP contribution in [0.15, 0.2) is 24.3 Å². The molecule has 1 saturated heterocycles. The van der Waals surface area contributed by atoms with Crippen molar-refractivity contribution >= 4 is 5.91 Å². The van der Waals surface area contributed by atoms with Crippen LogP contribution in [0.2, 0.25) is 0 Å². The molecule has 1 heterocycles. The van der Waals surface area contributed by atoms with Crippen LogP contribution >= 0.6 is 0 Å². The van der Waals surface area contributed by atoms with Crippen LogP contribution in [0.3, 0.4) is 0 Å². The highest BCUT2D eigenvalue weighted by atomic mass is 16.7. The number of unbranched alkanes of at least 4 members (excludes halogenated alkanes) is 27. The van der Waals surface area contributed by atoms with Gasteiger partial charge in [-0.2, -0.15) is 0 Å². The molecule has 0 aliphatic carbocycles. The second-order valence-corrected chi connectivity index (χ2v) is 16.5. The normalized spacial score (nSPS) is 21.3. The van der Waals surface area contributed by atoms with Crippen LogP contribution in [-0.4, -0.2) is 87.5 Å². The van der Waals surface area contributed by atoms with Crippen molar-refractivity contribution in [3.63, 3.8) is 0 Å². The standard InChI is InChI=1S/C47H89NO8/c1-3-5-7-9-11-13-15-17-19-20-21-22-23-25-27-29-31-33-35-37-43(51)48-40(39-55-47-46(54)45(53)44(52)42(38-49)56-47)41(50)36-34-32-30-28-26-24-18-16-14-12-10-8-6-4-2/h26,28,34,36,40-42,44-47,49-50,52-54H,3-25,27,29-33,35,37-39H2,1-2H3,(H,48,51)/b28-26+,36-34+/t40-,41+,42-,44-,45?,46?,47-/m0/s1. The van der Waals surface area contributed by atoms with E-state index in [1.165, 1.54) is 154 Å². The average molecular weight is 796 g/mol. The van der Waals surface area contributed by atoms with E-state index >= 15 is 0 Å². The maximum atomic E-state index is 13.0. The van der Waals surface area contributed by atoms with Gasteiger partial charge in [0.1, 0.15) is 24.4 Å². The van der Waals surface area contributed by atoms with Crippen molar-refractivity contribution in [2.24, 2.45) is 0 Å². The lowest BCUT2D eigenvalue weighted by molar-refractivity contribution is -0.302. The number of hydrogen-bond acceptors (Lipinski definition) is 8. The van der Waals surface area contributed by atoms with Crippen molar-refractivity contribution in [1.29, 1.82) is 0 Å². The molecule has 0 aromatic carbocycles. The van der Waals surface area contributed by atoms with Gasteiger partial charge < -0.3 is 40.3 Å². The largest absolute Gasteiger partial charge is 0.394 e. The van der Waals surface area contributed by atoms with Crippen molar-refractivity contribution < 1.29 is 39.8 Å². The lowest BCUT2D eigenvalue weighted by atomic mass is 9.99. The number of carbonyl (C=O) groups is 1. The first-order valence-electron chi connectivity index (χ1n) is 23.6. The van der Waals surface area contributed by atoms with Crippen molar-refractivity contribution in [1.82, 2.24) is 5.32 Å². The minimum atomic E-state index is -1.57. The summed E-state index contributed by atoms with van der Waals surface area (Å²) in [6, 6.07) is -0.816. The van der Waals surface area contributed by atoms with Crippen LogP contribution in [0, 0.1) is 0 Å². The molecule has 1 fully saturated rings. The highest BCUT2D eigenvalue weighted by Gasteiger charge is 2.44. The number of ether oxygens (including phenoxy) is 2. The van der Waals surface area contributed by atoms with Crippen LogP contribution < -0.4 is 5.32 Å². The number of aliphatic hydroxyl groups excluding tert-OH is 5. The van der Waals surface area contributed by atoms with Gasteiger partial charge in [-0.05, 0) is 32.1 Å². The quantitative estimate of drug-likeness (QED) is 0.0266. The van der Waals surface area contributed by atoms with E-state index in [1.807, 2.05) is 6.08 Å². The summed E-state index contributed by atoms with van der Waals surface area (Å²) < 4.78 is 11.2. The molecule has 9 heteroatoms. The fourth-order valence-corrected chi connectivity index (χ4v) is 7.47. The number of carbonyl (C=O) groups excluding carboxylic acids is 1. The molecule has 0 saturated carbocycles. The van der Waals surface area contributed by atoms with Crippen molar-refractivity contribution in [3.8, 4) is 0 Å². The lowest BCUT2D eigenvalue weighted by Crippen LogP contribution is -2.60. The van der Waals surface area contributed by atoms with Gasteiger partial charge >= 0.3 is 0 Å². The summed E-state index contributed by atoms with van der Waals surface area (Å²) in [6.07, 6.45) is 37.9. The lowest BCUT2D eigenvalue weighted by Gasteiger charge is -2.40. The third-order valence-electron chi connectivity index (χ3n) is 11.3. The van der Waals surface area contributed by atoms with Crippen molar-refractivity contribution in [2.45, 2.75) is 256 Å². The number of hydrogen-bond donors (Lipinski definition) is 6. The Morgan fingerprint density at radius 1 is 0.589 bits per heavy atom. The monoisotopic (exact) mass is 796 g/mol. The summed E-state index contributed by atoms with van der Waals surface area (Å²) in [5, 5.41) is 54.1. The first-order valence-corrected chi connectivity index (χ1v) is 23.6.